The summed E-state index contributed by atoms with van der Waals surface area (Å²) in [6, 6.07) is 22.3. The summed E-state index contributed by atoms with van der Waals surface area (Å²) in [7, 11) is 0. The van der Waals surface area contributed by atoms with Gasteiger partial charge in [0.15, 0.2) is 6.61 Å². The maximum absolute atomic E-state index is 12.2. The van der Waals surface area contributed by atoms with Crippen molar-refractivity contribution in [3.63, 3.8) is 0 Å². The monoisotopic (exact) mass is 437 g/mol. The van der Waals surface area contributed by atoms with Gasteiger partial charge in [-0.05, 0) is 48.4 Å². The van der Waals surface area contributed by atoms with Gasteiger partial charge in [-0.1, -0.05) is 54.1 Å². The third kappa shape index (κ3) is 6.76. The van der Waals surface area contributed by atoms with Gasteiger partial charge in [-0.2, -0.15) is 0 Å². The molecule has 4 N–H and O–H groups in total. The molecule has 3 aromatic carbocycles. The van der Waals surface area contributed by atoms with Crippen LogP contribution in [0.15, 0.2) is 72.8 Å². The quantitative estimate of drug-likeness (QED) is 0.457. The van der Waals surface area contributed by atoms with Crippen molar-refractivity contribution in [3.8, 4) is 5.75 Å². The van der Waals surface area contributed by atoms with E-state index in [0.717, 1.165) is 16.8 Å². The maximum atomic E-state index is 12.2. The molecule has 0 aliphatic carbocycles. The molecule has 160 valence electrons. The summed E-state index contributed by atoms with van der Waals surface area (Å²) in [5.41, 5.74) is 8.46. The molecule has 1 unspecified atom stereocenters. The molecule has 0 radical (unpaired) electrons. The normalized spacial score (nSPS) is 11.4. The number of hydrogen-bond acceptors (Lipinski definition) is 4. The van der Waals surface area contributed by atoms with Gasteiger partial charge in [0.2, 0.25) is 5.91 Å². The van der Waals surface area contributed by atoms with Crippen molar-refractivity contribution in [1.29, 1.82) is 0 Å². The number of ether oxygens (including phenoxy) is 1. The van der Waals surface area contributed by atoms with Crippen molar-refractivity contribution in [2.75, 3.05) is 17.2 Å². The molecule has 0 aliphatic heterocycles. The molecule has 2 amide bonds. The number of carbonyl (C=O) groups is 2. The van der Waals surface area contributed by atoms with Crippen molar-refractivity contribution >= 4 is 34.8 Å². The molecule has 0 spiro atoms. The van der Waals surface area contributed by atoms with Crippen LogP contribution in [-0.4, -0.2) is 18.4 Å². The number of halogens is 1. The summed E-state index contributed by atoms with van der Waals surface area (Å²) < 4.78 is 5.48. The Morgan fingerprint density at radius 2 is 1.74 bits per heavy atom. The minimum Gasteiger partial charge on any atom is -0.484 e. The summed E-state index contributed by atoms with van der Waals surface area (Å²) in [6.07, 6.45) is 0.163. The predicted octanol–water partition coefficient (Wildman–Crippen LogP) is 4.56. The fraction of sp³-hybridized carbons (Fsp3) is 0.167. The van der Waals surface area contributed by atoms with Gasteiger partial charge in [0.05, 0.1) is 17.1 Å². The van der Waals surface area contributed by atoms with Gasteiger partial charge in [0, 0.05) is 11.7 Å². The molecule has 0 aromatic heterocycles. The summed E-state index contributed by atoms with van der Waals surface area (Å²) in [4.78, 5) is 23.1. The zero-order chi connectivity index (χ0) is 22.2. The average molecular weight is 438 g/mol. The molecule has 0 heterocycles. The zero-order valence-electron chi connectivity index (χ0n) is 17.1. The molecule has 0 saturated heterocycles. The standard InChI is InChI=1S/C24H24ClN3O3/c1-16(18-5-3-2-4-6-18)27-22-12-9-19(14-21(22)25)28-24(30)15-31-20-10-7-17(8-11-20)13-23(26)29/h2-12,14,16,27H,13,15H2,1H3,(H2,26,29)(H,28,30). The first-order valence-corrected chi connectivity index (χ1v) is 10.2. The van der Waals surface area contributed by atoms with Gasteiger partial charge in [-0.15, -0.1) is 0 Å². The van der Waals surface area contributed by atoms with Crippen molar-refractivity contribution in [2.24, 2.45) is 5.73 Å². The molecule has 3 rings (SSSR count). The highest BCUT2D eigenvalue weighted by Gasteiger charge is 2.10. The number of amides is 2. The predicted molar refractivity (Wildman–Crippen MR) is 123 cm³/mol. The van der Waals surface area contributed by atoms with Crippen LogP contribution in [0.5, 0.6) is 5.75 Å². The number of nitrogens with one attached hydrogen (secondary N) is 2. The van der Waals surface area contributed by atoms with Gasteiger partial charge in [-0.25, -0.2) is 0 Å². The summed E-state index contributed by atoms with van der Waals surface area (Å²) in [5.74, 6) is -0.186. The summed E-state index contributed by atoms with van der Waals surface area (Å²) >= 11 is 6.39. The van der Waals surface area contributed by atoms with Crippen molar-refractivity contribution < 1.29 is 14.3 Å². The second-order valence-electron chi connectivity index (χ2n) is 7.10. The van der Waals surface area contributed by atoms with E-state index in [4.69, 9.17) is 22.1 Å². The molecule has 6 nitrogen and oxygen atoms in total. The van der Waals surface area contributed by atoms with Crippen molar-refractivity contribution in [3.05, 3.63) is 88.9 Å². The molecule has 7 heteroatoms. The van der Waals surface area contributed by atoms with Crippen molar-refractivity contribution in [1.82, 2.24) is 0 Å². The first-order valence-electron chi connectivity index (χ1n) is 9.81. The van der Waals surface area contributed by atoms with Crippen LogP contribution in [0.25, 0.3) is 0 Å². The fourth-order valence-corrected chi connectivity index (χ4v) is 3.25. The van der Waals surface area contributed by atoms with Crippen LogP contribution < -0.4 is 21.1 Å². The highest BCUT2D eigenvalue weighted by Crippen LogP contribution is 2.29. The molecule has 3 aromatic rings. The van der Waals surface area contributed by atoms with E-state index >= 15 is 0 Å². The first kappa shape index (κ1) is 22.2. The van der Waals surface area contributed by atoms with E-state index in [0.29, 0.717) is 16.5 Å². The van der Waals surface area contributed by atoms with E-state index in [9.17, 15) is 9.59 Å². The summed E-state index contributed by atoms with van der Waals surface area (Å²) in [6.45, 7) is 1.90. The number of hydrogen-bond donors (Lipinski definition) is 3. The number of anilines is 2. The van der Waals surface area contributed by atoms with Gasteiger partial charge in [0.25, 0.3) is 5.91 Å². The molecular weight excluding hydrogens is 414 g/mol. The van der Waals surface area contributed by atoms with Crippen LogP contribution >= 0.6 is 11.6 Å². The van der Waals surface area contributed by atoms with Gasteiger partial charge >= 0.3 is 0 Å². The number of carbonyl (C=O) groups excluding carboxylic acids is 2. The molecule has 0 bridgehead atoms. The van der Waals surface area contributed by atoms with Crippen LogP contribution in [0, 0.1) is 0 Å². The van der Waals surface area contributed by atoms with E-state index < -0.39 is 5.91 Å². The lowest BCUT2D eigenvalue weighted by Crippen LogP contribution is -2.20. The molecule has 0 saturated carbocycles. The lowest BCUT2D eigenvalue weighted by atomic mass is 10.1. The Balaban J connectivity index is 1.52. The highest BCUT2D eigenvalue weighted by atomic mass is 35.5. The Hall–Kier alpha value is -3.51. The Kier molecular flexibility index (Phi) is 7.51. The Morgan fingerprint density at radius 1 is 1.03 bits per heavy atom. The second-order valence-corrected chi connectivity index (χ2v) is 7.50. The van der Waals surface area contributed by atoms with Crippen molar-refractivity contribution in [2.45, 2.75) is 19.4 Å². The molecule has 31 heavy (non-hydrogen) atoms. The molecule has 0 aliphatic rings. The van der Waals surface area contributed by atoms with E-state index in [1.54, 1.807) is 36.4 Å². The smallest absolute Gasteiger partial charge is 0.262 e. The number of rotatable bonds is 9. The zero-order valence-corrected chi connectivity index (χ0v) is 17.9. The van der Waals surface area contributed by atoms with Crippen LogP contribution in [-0.2, 0) is 16.0 Å². The van der Waals surface area contributed by atoms with Crippen LogP contribution in [0.3, 0.4) is 0 Å². The Bertz CT molecular complexity index is 1040. The topological polar surface area (TPSA) is 93.4 Å². The van der Waals surface area contributed by atoms with Gasteiger partial charge < -0.3 is 21.1 Å². The van der Waals surface area contributed by atoms with Gasteiger partial charge in [0.1, 0.15) is 5.75 Å². The minimum atomic E-state index is -0.401. The van der Waals surface area contributed by atoms with E-state index in [2.05, 4.69) is 17.6 Å². The minimum absolute atomic E-state index is 0.0851. The number of primary amides is 1. The van der Waals surface area contributed by atoms with Crippen LogP contribution in [0.1, 0.15) is 24.1 Å². The highest BCUT2D eigenvalue weighted by molar-refractivity contribution is 6.33. The third-order valence-corrected chi connectivity index (χ3v) is 4.91. The first-order chi connectivity index (χ1) is 14.9. The van der Waals surface area contributed by atoms with Gasteiger partial charge in [-0.3, -0.25) is 9.59 Å². The van der Waals surface area contributed by atoms with Crippen LogP contribution in [0.4, 0.5) is 11.4 Å². The Morgan fingerprint density at radius 3 is 2.39 bits per heavy atom. The second kappa shape index (κ2) is 10.5. The third-order valence-electron chi connectivity index (χ3n) is 4.60. The summed E-state index contributed by atoms with van der Waals surface area (Å²) in [5, 5.41) is 6.64. The molecular formula is C24H24ClN3O3. The maximum Gasteiger partial charge on any atom is 0.262 e. The largest absolute Gasteiger partial charge is 0.484 e. The number of nitrogens with two attached hydrogens (primary N) is 1. The molecule has 0 fully saturated rings. The fourth-order valence-electron chi connectivity index (χ4n) is 3.02. The van der Waals surface area contributed by atoms with E-state index in [1.165, 1.54) is 0 Å². The Labute approximate surface area is 186 Å². The van der Waals surface area contributed by atoms with E-state index in [1.807, 2.05) is 36.4 Å². The van der Waals surface area contributed by atoms with Crippen LogP contribution in [0.2, 0.25) is 5.02 Å². The lowest BCUT2D eigenvalue weighted by molar-refractivity contribution is -0.118. The average Bonchev–Trinajstić information content (AvgIpc) is 2.75. The molecule has 1 atom stereocenters. The van der Waals surface area contributed by atoms with E-state index in [-0.39, 0.29) is 25.0 Å². The lowest BCUT2D eigenvalue weighted by Gasteiger charge is -2.17. The number of benzene rings is 3. The SMILES string of the molecule is CC(Nc1ccc(NC(=O)COc2ccc(CC(N)=O)cc2)cc1Cl)c1ccccc1.